The van der Waals surface area contributed by atoms with E-state index in [-0.39, 0.29) is 5.92 Å². The van der Waals surface area contributed by atoms with Crippen molar-refractivity contribution in [2.24, 2.45) is 5.73 Å². The molecule has 2 N–H and O–H groups in total. The average Bonchev–Trinajstić information content (AvgIpc) is 2.88. The van der Waals surface area contributed by atoms with Crippen LogP contribution in [0.2, 0.25) is 0 Å². The molecule has 2 aromatic heterocycles. The van der Waals surface area contributed by atoms with E-state index >= 15 is 0 Å². The van der Waals surface area contributed by atoms with Crippen molar-refractivity contribution in [3.63, 3.8) is 0 Å². The molecule has 0 aliphatic carbocycles. The van der Waals surface area contributed by atoms with Crippen LogP contribution < -0.4 is 5.73 Å². The molecule has 2 aromatic rings. The molecule has 0 bridgehead atoms. The normalized spacial score (nSPS) is 13.3. The monoisotopic (exact) mass is 224 g/mol. The average molecular weight is 224 g/mol. The third kappa shape index (κ3) is 2.05. The van der Waals surface area contributed by atoms with Crippen LogP contribution in [-0.2, 0) is 0 Å². The predicted octanol–water partition coefficient (Wildman–Crippen LogP) is 1.70. The lowest BCUT2D eigenvalue weighted by Gasteiger charge is -2.01. The van der Waals surface area contributed by atoms with Crippen molar-refractivity contribution >= 4 is 11.3 Å². The molecule has 6 heteroatoms. The maximum atomic E-state index is 5.93. The summed E-state index contributed by atoms with van der Waals surface area (Å²) in [7, 11) is 0. The van der Waals surface area contributed by atoms with E-state index in [0.717, 1.165) is 5.69 Å². The Kier molecular flexibility index (Phi) is 2.79. The van der Waals surface area contributed by atoms with Gasteiger partial charge in [0.05, 0.1) is 11.2 Å². The van der Waals surface area contributed by atoms with Crippen molar-refractivity contribution in [1.82, 2.24) is 15.1 Å². The third-order valence-electron chi connectivity index (χ3n) is 2.00. The summed E-state index contributed by atoms with van der Waals surface area (Å²) in [5, 5.41) is 5.73. The molecule has 0 radical (unpaired) electrons. The summed E-state index contributed by atoms with van der Waals surface area (Å²) in [5.41, 5.74) is 8.44. The topological polar surface area (TPSA) is 77.8 Å². The summed E-state index contributed by atoms with van der Waals surface area (Å²) >= 11 is 1.50. The number of hydrogen-bond donors (Lipinski definition) is 1. The number of nitrogens with two attached hydrogens (primary N) is 1. The van der Waals surface area contributed by atoms with E-state index in [0.29, 0.717) is 11.7 Å². The van der Waals surface area contributed by atoms with Crippen LogP contribution in [0.15, 0.2) is 15.4 Å². The molecule has 1 atom stereocenters. The number of aromatic nitrogens is 3. The minimum atomic E-state index is -0.396. The van der Waals surface area contributed by atoms with Gasteiger partial charge < -0.3 is 10.3 Å². The van der Waals surface area contributed by atoms with Crippen molar-refractivity contribution in [1.29, 1.82) is 0 Å². The Morgan fingerprint density at radius 2 is 2.27 bits per heavy atom. The highest BCUT2D eigenvalue weighted by Gasteiger charge is 2.18. The zero-order valence-corrected chi connectivity index (χ0v) is 9.36. The summed E-state index contributed by atoms with van der Waals surface area (Å²) in [6.07, 6.45) is 0. The molecule has 2 heterocycles. The fraction of sp³-hybridized carbons (Fsp3) is 0.444. The Balaban J connectivity index is 2.23. The molecule has 0 aliphatic rings. The summed E-state index contributed by atoms with van der Waals surface area (Å²) in [6.45, 7) is 3.98. The second-order valence-corrected chi connectivity index (χ2v) is 4.26. The largest absolute Gasteiger partial charge is 0.339 e. The number of thiazole rings is 1. The first kappa shape index (κ1) is 10.3. The molecule has 0 saturated heterocycles. The summed E-state index contributed by atoms with van der Waals surface area (Å²) < 4.78 is 5.08. The zero-order valence-electron chi connectivity index (χ0n) is 8.54. The second-order valence-electron chi connectivity index (χ2n) is 3.54. The zero-order chi connectivity index (χ0) is 10.8. The lowest BCUT2D eigenvalue weighted by atomic mass is 10.2. The number of rotatable bonds is 3. The van der Waals surface area contributed by atoms with Crippen LogP contribution in [0.25, 0.3) is 0 Å². The third-order valence-corrected chi connectivity index (χ3v) is 2.60. The van der Waals surface area contributed by atoms with Crippen molar-refractivity contribution in [3.8, 4) is 0 Å². The molecule has 0 aliphatic heterocycles. The van der Waals surface area contributed by atoms with Crippen LogP contribution >= 0.6 is 11.3 Å². The van der Waals surface area contributed by atoms with Gasteiger partial charge in [0.1, 0.15) is 6.04 Å². The Hall–Kier alpha value is -1.27. The van der Waals surface area contributed by atoms with E-state index in [2.05, 4.69) is 15.1 Å². The summed E-state index contributed by atoms with van der Waals surface area (Å²) in [4.78, 5) is 8.35. The Morgan fingerprint density at radius 3 is 2.80 bits per heavy atom. The van der Waals surface area contributed by atoms with Crippen molar-refractivity contribution in [2.45, 2.75) is 25.8 Å². The quantitative estimate of drug-likeness (QED) is 0.858. The lowest BCUT2D eigenvalue weighted by molar-refractivity contribution is 0.359. The minimum absolute atomic E-state index is 0.217. The van der Waals surface area contributed by atoms with E-state index in [4.69, 9.17) is 10.3 Å². The van der Waals surface area contributed by atoms with Gasteiger partial charge in [-0.1, -0.05) is 19.0 Å². The van der Waals surface area contributed by atoms with Crippen LogP contribution in [0.4, 0.5) is 0 Å². The predicted molar refractivity (Wildman–Crippen MR) is 56.5 cm³/mol. The van der Waals surface area contributed by atoms with Gasteiger partial charge in [-0.2, -0.15) is 4.98 Å². The molecular weight excluding hydrogens is 212 g/mol. The fourth-order valence-electron chi connectivity index (χ4n) is 1.12. The van der Waals surface area contributed by atoms with Gasteiger partial charge >= 0.3 is 0 Å². The van der Waals surface area contributed by atoms with E-state index in [9.17, 15) is 0 Å². The Morgan fingerprint density at radius 1 is 1.47 bits per heavy atom. The van der Waals surface area contributed by atoms with E-state index < -0.39 is 6.04 Å². The van der Waals surface area contributed by atoms with Crippen molar-refractivity contribution in [3.05, 3.63) is 28.3 Å². The van der Waals surface area contributed by atoms with Gasteiger partial charge in [0.2, 0.25) is 5.89 Å². The lowest BCUT2D eigenvalue weighted by Crippen LogP contribution is -2.13. The van der Waals surface area contributed by atoms with Gasteiger partial charge in [-0.3, -0.25) is 0 Å². The van der Waals surface area contributed by atoms with Crippen LogP contribution in [-0.4, -0.2) is 15.1 Å². The van der Waals surface area contributed by atoms with Gasteiger partial charge in [-0.15, -0.1) is 11.3 Å². The summed E-state index contributed by atoms with van der Waals surface area (Å²) in [5.74, 6) is 1.31. The number of nitrogens with zero attached hydrogens (tertiary/aromatic N) is 3. The summed E-state index contributed by atoms with van der Waals surface area (Å²) in [6, 6.07) is -0.396. The Labute approximate surface area is 91.3 Å². The molecule has 0 aromatic carbocycles. The molecular formula is C9H12N4OS. The molecule has 0 amide bonds. The first-order chi connectivity index (χ1) is 7.18. The smallest absolute Gasteiger partial charge is 0.229 e. The van der Waals surface area contributed by atoms with Crippen molar-refractivity contribution < 1.29 is 4.52 Å². The maximum absolute atomic E-state index is 5.93. The molecule has 2 rings (SSSR count). The van der Waals surface area contributed by atoms with Gasteiger partial charge in [-0.05, 0) is 0 Å². The molecule has 0 saturated carbocycles. The van der Waals surface area contributed by atoms with Gasteiger partial charge in [0.15, 0.2) is 5.82 Å². The minimum Gasteiger partial charge on any atom is -0.339 e. The van der Waals surface area contributed by atoms with Gasteiger partial charge in [0.25, 0.3) is 0 Å². The standard InChI is InChI=1S/C9H12N4OS/c1-5(2)9-12-8(13-14-9)7(10)6-3-15-4-11-6/h3-5,7H,10H2,1-2H3. The van der Waals surface area contributed by atoms with E-state index in [1.165, 1.54) is 11.3 Å². The molecule has 5 nitrogen and oxygen atoms in total. The van der Waals surface area contributed by atoms with Gasteiger partial charge in [-0.25, -0.2) is 4.98 Å². The highest BCUT2D eigenvalue weighted by atomic mass is 32.1. The molecule has 0 fully saturated rings. The SMILES string of the molecule is CC(C)c1nc(C(N)c2cscn2)no1. The van der Waals surface area contributed by atoms with Crippen LogP contribution in [0.1, 0.15) is 43.2 Å². The second kappa shape index (κ2) is 4.08. The molecule has 15 heavy (non-hydrogen) atoms. The first-order valence-corrected chi connectivity index (χ1v) is 5.60. The van der Waals surface area contributed by atoms with Crippen LogP contribution in [0.5, 0.6) is 0 Å². The Bertz CT molecular complexity index is 423. The number of hydrogen-bond acceptors (Lipinski definition) is 6. The van der Waals surface area contributed by atoms with Crippen LogP contribution in [0, 0.1) is 0 Å². The van der Waals surface area contributed by atoms with Crippen molar-refractivity contribution in [2.75, 3.05) is 0 Å². The molecule has 1 unspecified atom stereocenters. The fourth-order valence-corrected chi connectivity index (χ4v) is 1.71. The van der Waals surface area contributed by atoms with Crippen LogP contribution in [0.3, 0.4) is 0 Å². The van der Waals surface area contributed by atoms with E-state index in [1.807, 2.05) is 19.2 Å². The first-order valence-electron chi connectivity index (χ1n) is 4.65. The molecule has 80 valence electrons. The molecule has 0 spiro atoms. The maximum Gasteiger partial charge on any atom is 0.229 e. The van der Waals surface area contributed by atoms with Gasteiger partial charge in [0, 0.05) is 11.3 Å². The highest BCUT2D eigenvalue weighted by molar-refractivity contribution is 7.07. The highest BCUT2D eigenvalue weighted by Crippen LogP contribution is 2.19. The van der Waals surface area contributed by atoms with E-state index in [1.54, 1.807) is 5.51 Å².